The molecule has 11 heteroatoms. The number of benzene rings is 1. The number of carbonyl (C=O) groups excluding carboxylic acids is 1. The van der Waals surface area contributed by atoms with Crippen LogP contribution in [0, 0.1) is 10.1 Å². The van der Waals surface area contributed by atoms with Crippen LogP contribution in [0.4, 0.5) is 17.3 Å². The van der Waals surface area contributed by atoms with Gasteiger partial charge in [0.25, 0.3) is 5.91 Å². The zero-order valence-corrected chi connectivity index (χ0v) is 19.4. The lowest BCUT2D eigenvalue weighted by Crippen LogP contribution is -2.60. The van der Waals surface area contributed by atoms with Crippen LogP contribution >= 0.6 is 15.9 Å². The summed E-state index contributed by atoms with van der Waals surface area (Å²) < 4.78 is 0.837. The van der Waals surface area contributed by atoms with Gasteiger partial charge < -0.3 is 10.6 Å². The number of halogens is 1. The molecule has 0 unspecified atom stereocenters. The van der Waals surface area contributed by atoms with E-state index in [4.69, 9.17) is 0 Å². The van der Waals surface area contributed by atoms with Crippen molar-refractivity contribution in [1.29, 1.82) is 0 Å². The molecule has 1 amide bonds. The van der Waals surface area contributed by atoms with Gasteiger partial charge in [0.1, 0.15) is 6.33 Å². The highest BCUT2D eigenvalue weighted by molar-refractivity contribution is 9.10. The van der Waals surface area contributed by atoms with Gasteiger partial charge in [-0.3, -0.25) is 25.8 Å². The van der Waals surface area contributed by atoms with Gasteiger partial charge in [-0.25, -0.2) is 9.97 Å². The summed E-state index contributed by atoms with van der Waals surface area (Å²) in [4.78, 5) is 31.6. The summed E-state index contributed by atoms with van der Waals surface area (Å²) in [5.41, 5.74) is 4.80. The number of hydrogen-bond donors (Lipinski definition) is 4. The number of nitrogens with zero attached hydrogens (tertiary/aromatic N) is 3. The first-order valence-electron chi connectivity index (χ1n) is 9.83. The topological polar surface area (TPSA) is 134 Å². The van der Waals surface area contributed by atoms with Crippen molar-refractivity contribution in [2.45, 2.75) is 57.7 Å². The summed E-state index contributed by atoms with van der Waals surface area (Å²) in [6.45, 7) is 8.40. The molecule has 1 aliphatic rings. The molecule has 2 aromatic rings. The fourth-order valence-corrected chi connectivity index (χ4v) is 4.42. The zero-order valence-electron chi connectivity index (χ0n) is 17.8. The van der Waals surface area contributed by atoms with Crippen molar-refractivity contribution in [3.63, 3.8) is 0 Å². The first kappa shape index (κ1) is 22.9. The van der Waals surface area contributed by atoms with Gasteiger partial charge in [0, 0.05) is 27.2 Å². The van der Waals surface area contributed by atoms with Crippen LogP contribution in [0.15, 0.2) is 35.1 Å². The van der Waals surface area contributed by atoms with Gasteiger partial charge in [-0.15, -0.1) is 0 Å². The minimum atomic E-state index is -0.562. The normalized spacial score (nSPS) is 17.6. The molecule has 0 bridgehead atoms. The summed E-state index contributed by atoms with van der Waals surface area (Å²) in [5.74, 6) is -0.434. The Morgan fingerprint density at radius 1 is 1.13 bits per heavy atom. The second-order valence-electron chi connectivity index (χ2n) is 8.90. The lowest BCUT2D eigenvalue weighted by molar-refractivity contribution is -0.383. The quantitative estimate of drug-likeness (QED) is 0.355. The van der Waals surface area contributed by atoms with Gasteiger partial charge in [0.2, 0.25) is 11.6 Å². The van der Waals surface area contributed by atoms with Crippen molar-refractivity contribution in [1.82, 2.24) is 20.7 Å². The predicted molar refractivity (Wildman–Crippen MR) is 122 cm³/mol. The SMILES string of the molecule is CC1(C)CC(Nc2ncnc(NNC(=O)c3ccc(Br)cc3)c2[N+](=O)[O-])CC(C)(C)N1. The van der Waals surface area contributed by atoms with Gasteiger partial charge in [0.15, 0.2) is 0 Å². The Morgan fingerprint density at radius 2 is 1.71 bits per heavy atom. The molecule has 1 aromatic heterocycles. The zero-order chi connectivity index (χ0) is 22.8. The first-order valence-corrected chi connectivity index (χ1v) is 10.6. The lowest BCUT2D eigenvalue weighted by atomic mass is 9.79. The smallest absolute Gasteiger partial charge is 0.354 e. The second kappa shape index (κ2) is 8.75. The van der Waals surface area contributed by atoms with E-state index in [2.05, 4.69) is 75.1 Å². The fraction of sp³-hybridized carbons (Fsp3) is 0.450. The molecular weight excluding hydrogens is 466 g/mol. The van der Waals surface area contributed by atoms with E-state index in [0.717, 1.165) is 17.3 Å². The minimum Gasteiger partial charge on any atom is -0.361 e. The van der Waals surface area contributed by atoms with Crippen molar-refractivity contribution >= 4 is 39.2 Å². The Labute approximate surface area is 188 Å². The van der Waals surface area contributed by atoms with Crippen molar-refractivity contribution < 1.29 is 9.72 Å². The third kappa shape index (κ3) is 5.88. The van der Waals surface area contributed by atoms with E-state index in [0.29, 0.717) is 5.56 Å². The Hall–Kier alpha value is -2.79. The Morgan fingerprint density at radius 3 is 2.29 bits per heavy atom. The van der Waals surface area contributed by atoms with E-state index >= 15 is 0 Å². The third-order valence-electron chi connectivity index (χ3n) is 4.94. The largest absolute Gasteiger partial charge is 0.361 e. The summed E-state index contributed by atoms with van der Waals surface area (Å²) in [5, 5.41) is 18.6. The van der Waals surface area contributed by atoms with Gasteiger partial charge in [0.05, 0.1) is 4.92 Å². The Bertz CT molecular complexity index is 963. The maximum Gasteiger partial charge on any atom is 0.354 e. The van der Waals surface area contributed by atoms with E-state index in [-0.39, 0.29) is 34.4 Å². The molecule has 2 heterocycles. The van der Waals surface area contributed by atoms with E-state index in [1.54, 1.807) is 24.3 Å². The summed E-state index contributed by atoms with van der Waals surface area (Å²) in [6.07, 6.45) is 2.75. The Kier molecular flexibility index (Phi) is 6.46. The van der Waals surface area contributed by atoms with E-state index in [1.165, 1.54) is 6.33 Å². The number of rotatable bonds is 6. The number of piperidine rings is 1. The van der Waals surface area contributed by atoms with Gasteiger partial charge >= 0.3 is 5.69 Å². The molecule has 166 valence electrons. The number of hydrogen-bond acceptors (Lipinski definition) is 8. The number of carbonyl (C=O) groups is 1. The molecule has 1 aromatic carbocycles. The maximum atomic E-state index is 12.3. The van der Waals surface area contributed by atoms with Crippen LogP contribution in [0.3, 0.4) is 0 Å². The van der Waals surface area contributed by atoms with E-state index in [9.17, 15) is 14.9 Å². The first-order chi connectivity index (χ1) is 14.5. The second-order valence-corrected chi connectivity index (χ2v) is 9.82. The molecule has 0 atom stereocenters. The van der Waals surface area contributed by atoms with E-state index < -0.39 is 10.8 Å². The van der Waals surface area contributed by atoms with E-state index in [1.807, 2.05) is 0 Å². The van der Waals surface area contributed by atoms with Crippen molar-refractivity contribution in [3.8, 4) is 0 Å². The highest BCUT2D eigenvalue weighted by Crippen LogP contribution is 2.34. The molecule has 0 radical (unpaired) electrons. The van der Waals surface area contributed by atoms with Crippen LogP contribution in [0.5, 0.6) is 0 Å². The molecule has 0 spiro atoms. The average molecular weight is 492 g/mol. The number of hydrazine groups is 1. The number of nitro groups is 1. The number of amides is 1. The summed E-state index contributed by atoms with van der Waals surface area (Å²) in [7, 11) is 0. The molecule has 31 heavy (non-hydrogen) atoms. The lowest BCUT2D eigenvalue weighted by Gasteiger charge is -2.46. The standard InChI is InChI=1S/C20H26BrN7O3/c1-19(2)9-14(10-20(3,4)27-19)24-16-15(28(30)31)17(23-11-22-16)25-26-18(29)12-5-7-13(21)8-6-12/h5-8,11,14,27H,9-10H2,1-4H3,(H,26,29)(H2,22,23,24,25). The molecule has 1 aliphatic heterocycles. The average Bonchev–Trinajstić information content (AvgIpc) is 2.64. The van der Waals surface area contributed by atoms with Crippen molar-refractivity contribution in [3.05, 3.63) is 50.7 Å². The number of aromatic nitrogens is 2. The van der Waals surface area contributed by atoms with Crippen LogP contribution in [0.25, 0.3) is 0 Å². The minimum absolute atomic E-state index is 0.0231. The molecule has 4 N–H and O–H groups in total. The van der Waals surface area contributed by atoms with Crippen LogP contribution in [-0.2, 0) is 0 Å². The van der Waals surface area contributed by atoms with Crippen LogP contribution < -0.4 is 21.5 Å². The molecular formula is C20H26BrN7O3. The van der Waals surface area contributed by atoms with Crippen LogP contribution in [-0.4, -0.2) is 37.9 Å². The number of anilines is 2. The van der Waals surface area contributed by atoms with Crippen LogP contribution in [0.1, 0.15) is 50.9 Å². The van der Waals surface area contributed by atoms with Gasteiger partial charge in [-0.2, -0.15) is 0 Å². The van der Waals surface area contributed by atoms with Crippen molar-refractivity contribution in [2.75, 3.05) is 10.7 Å². The highest BCUT2D eigenvalue weighted by Gasteiger charge is 2.38. The third-order valence-corrected chi connectivity index (χ3v) is 5.47. The molecule has 3 rings (SSSR count). The van der Waals surface area contributed by atoms with Gasteiger partial charge in [-0.1, -0.05) is 15.9 Å². The molecule has 10 nitrogen and oxygen atoms in total. The number of nitrogens with one attached hydrogen (secondary N) is 4. The summed E-state index contributed by atoms with van der Waals surface area (Å²) >= 11 is 3.31. The predicted octanol–water partition coefficient (Wildman–Crippen LogP) is 3.63. The molecule has 0 aliphatic carbocycles. The highest BCUT2D eigenvalue weighted by atomic mass is 79.9. The molecule has 0 saturated carbocycles. The van der Waals surface area contributed by atoms with Crippen molar-refractivity contribution in [2.24, 2.45) is 0 Å². The van der Waals surface area contributed by atoms with Gasteiger partial charge in [-0.05, 0) is 64.8 Å². The Balaban J connectivity index is 1.78. The fourth-order valence-electron chi connectivity index (χ4n) is 4.16. The maximum absolute atomic E-state index is 12.3. The molecule has 1 saturated heterocycles. The molecule has 1 fully saturated rings. The monoisotopic (exact) mass is 491 g/mol. The van der Waals surface area contributed by atoms with Crippen LogP contribution in [0.2, 0.25) is 0 Å². The summed E-state index contributed by atoms with van der Waals surface area (Å²) in [6, 6.07) is 6.69.